The summed E-state index contributed by atoms with van der Waals surface area (Å²) in [7, 11) is 3.39. The number of nitrogens with zero attached hydrogens (tertiary/aromatic N) is 3. The molecule has 5 rings (SSSR count). The summed E-state index contributed by atoms with van der Waals surface area (Å²) < 4.78 is 12.0. The molecule has 2 saturated carbocycles. The number of hydrogen-bond acceptors (Lipinski definition) is 8. The van der Waals surface area contributed by atoms with Gasteiger partial charge in [-0.1, -0.05) is 32.9 Å². The number of carbonyl (C=O) groups excluding carboxylic acids is 2. The number of hydrogen-bond donors (Lipinski definition) is 2. The van der Waals surface area contributed by atoms with Crippen LogP contribution in [-0.2, 0) is 14.4 Å². The number of amides is 2. The second-order valence-corrected chi connectivity index (χ2v) is 14.1. The second kappa shape index (κ2) is 14.4. The molecule has 47 heavy (non-hydrogen) atoms. The summed E-state index contributed by atoms with van der Waals surface area (Å²) in [4.78, 5) is 49.0. The van der Waals surface area contributed by atoms with E-state index in [1.165, 1.54) is 11.3 Å². The number of primary amides is 1. The largest absolute Gasteiger partial charge is 0.497 e. The van der Waals surface area contributed by atoms with E-state index in [2.05, 4.69) is 19.9 Å². The number of pyridine rings is 1. The quantitative estimate of drug-likeness (QED) is 0.140. The zero-order chi connectivity index (χ0) is 33.9. The Morgan fingerprint density at radius 3 is 2.57 bits per heavy atom. The average molecular weight is 663 g/mol. The SMILES string of the molecule is CC[C@]1(C(=O)O)C[C@H]1/C=C\CCCCN(C)C(=O)[C@@H]1C[C@H](Oc2nc(-c3nc(C(C)C)cs3)cc3cc(OC)ccc23)C[C@H]1C(N)=O. The average Bonchev–Trinajstić information content (AvgIpc) is 3.34. The first kappa shape index (κ1) is 34.3. The number of fused-ring (bicyclic) bond motifs is 1. The van der Waals surface area contributed by atoms with E-state index < -0.39 is 35.2 Å². The van der Waals surface area contributed by atoms with Crippen molar-refractivity contribution in [2.75, 3.05) is 20.7 Å². The summed E-state index contributed by atoms with van der Waals surface area (Å²) in [6.07, 6.45) is 8.22. The number of carbonyl (C=O) groups is 3. The maximum absolute atomic E-state index is 13.6. The van der Waals surface area contributed by atoms with Crippen molar-refractivity contribution in [2.45, 2.75) is 77.7 Å². The van der Waals surface area contributed by atoms with E-state index >= 15 is 0 Å². The number of carboxylic acids is 1. The molecule has 2 amide bonds. The normalized spacial score (nSPS) is 23.8. The van der Waals surface area contributed by atoms with E-state index in [0.717, 1.165) is 40.7 Å². The van der Waals surface area contributed by atoms with Gasteiger partial charge in [0.05, 0.1) is 30.1 Å². The molecule has 0 radical (unpaired) electrons. The zero-order valence-electron chi connectivity index (χ0n) is 27.9. The van der Waals surface area contributed by atoms with E-state index in [9.17, 15) is 19.5 Å². The third-order valence-corrected chi connectivity index (χ3v) is 10.7. The van der Waals surface area contributed by atoms with E-state index in [0.29, 0.717) is 55.5 Å². The molecule has 3 aromatic rings. The predicted molar refractivity (Wildman–Crippen MR) is 182 cm³/mol. The molecule has 0 unspecified atom stereocenters. The first-order valence-corrected chi connectivity index (χ1v) is 17.4. The third-order valence-electron chi connectivity index (χ3n) is 9.87. The van der Waals surface area contributed by atoms with Gasteiger partial charge in [0.25, 0.3) is 0 Å². The Bertz CT molecular complexity index is 1650. The van der Waals surface area contributed by atoms with Gasteiger partial charge in [-0.15, -0.1) is 11.3 Å². The molecule has 2 aliphatic carbocycles. The van der Waals surface area contributed by atoms with Gasteiger partial charge >= 0.3 is 5.97 Å². The fraction of sp³-hybridized carbons (Fsp3) is 0.528. The number of aromatic nitrogens is 2. The highest BCUT2D eigenvalue weighted by molar-refractivity contribution is 7.13. The maximum Gasteiger partial charge on any atom is 0.310 e. The summed E-state index contributed by atoms with van der Waals surface area (Å²) in [5, 5.41) is 14.0. The molecule has 11 heteroatoms. The smallest absolute Gasteiger partial charge is 0.310 e. The van der Waals surface area contributed by atoms with Gasteiger partial charge in [-0.05, 0) is 86.4 Å². The van der Waals surface area contributed by atoms with Crippen LogP contribution in [0.15, 0.2) is 41.8 Å². The van der Waals surface area contributed by atoms with Crippen molar-refractivity contribution in [3.8, 4) is 22.3 Å². The van der Waals surface area contributed by atoms with Crippen molar-refractivity contribution < 1.29 is 29.0 Å². The summed E-state index contributed by atoms with van der Waals surface area (Å²) in [6, 6.07) is 7.68. The number of aliphatic carboxylic acids is 1. The molecule has 1 aromatic carbocycles. The molecule has 0 bridgehead atoms. The number of nitrogens with two attached hydrogens (primary N) is 1. The van der Waals surface area contributed by atoms with E-state index in [-0.39, 0.29) is 11.8 Å². The van der Waals surface area contributed by atoms with Gasteiger partial charge in [-0.2, -0.15) is 0 Å². The van der Waals surface area contributed by atoms with Gasteiger partial charge in [-0.25, -0.2) is 9.97 Å². The van der Waals surface area contributed by atoms with Crippen LogP contribution in [0.1, 0.15) is 77.3 Å². The number of ether oxygens (including phenoxy) is 2. The van der Waals surface area contributed by atoms with Gasteiger partial charge in [0.2, 0.25) is 17.7 Å². The predicted octanol–water partition coefficient (Wildman–Crippen LogP) is 6.44. The van der Waals surface area contributed by atoms with Crippen LogP contribution >= 0.6 is 11.3 Å². The monoisotopic (exact) mass is 662 g/mol. The van der Waals surface area contributed by atoms with Crippen molar-refractivity contribution in [1.82, 2.24) is 14.9 Å². The highest BCUT2D eigenvalue weighted by atomic mass is 32.1. The number of thiazole rings is 1. The molecule has 0 spiro atoms. The molecule has 2 aromatic heterocycles. The molecule has 10 nitrogen and oxygen atoms in total. The second-order valence-electron chi connectivity index (χ2n) is 13.3. The minimum atomic E-state index is -0.710. The van der Waals surface area contributed by atoms with Gasteiger partial charge in [0.15, 0.2) is 0 Å². The van der Waals surface area contributed by atoms with E-state index in [1.54, 1.807) is 19.1 Å². The van der Waals surface area contributed by atoms with Crippen LogP contribution in [0, 0.1) is 23.2 Å². The molecule has 0 aliphatic heterocycles. The fourth-order valence-electron chi connectivity index (χ4n) is 6.69. The minimum Gasteiger partial charge on any atom is -0.497 e. The molecular formula is C36H46N4O6S. The zero-order valence-corrected chi connectivity index (χ0v) is 28.7. The molecule has 2 aliphatic rings. The fourth-order valence-corrected chi connectivity index (χ4v) is 7.63. The number of methoxy groups -OCH3 is 1. The third kappa shape index (κ3) is 7.45. The molecule has 5 atom stereocenters. The lowest BCUT2D eigenvalue weighted by Crippen LogP contribution is -2.39. The van der Waals surface area contributed by atoms with Crippen molar-refractivity contribution in [1.29, 1.82) is 0 Å². The standard InChI is InChI=1S/C36H46N4O6S/c1-6-36(35(43)44)19-23(36)11-9-7-8-10-14-40(4)34(42)28-18-25(17-27(28)31(37)41)46-32-26-13-12-24(45-5)15-22(26)16-29(38-32)33-39-30(20-47-33)21(2)3/h9,11-13,15-16,20-21,23,25,27-28H,6-8,10,14,17-19H2,1-5H3,(H2,37,41)(H,43,44)/b11-9-/t23-,25-,27-,28-,36+/m1/s1. The number of benzene rings is 1. The van der Waals surface area contributed by atoms with Crippen molar-refractivity contribution in [3.63, 3.8) is 0 Å². The lowest BCUT2D eigenvalue weighted by Gasteiger charge is -2.23. The summed E-state index contributed by atoms with van der Waals surface area (Å²) in [6.45, 7) is 6.69. The molecule has 2 heterocycles. The van der Waals surface area contributed by atoms with Crippen LogP contribution < -0.4 is 15.2 Å². The Kier molecular flexibility index (Phi) is 10.5. The first-order chi connectivity index (χ1) is 22.5. The Balaban J connectivity index is 1.23. The highest BCUT2D eigenvalue weighted by Gasteiger charge is 2.57. The van der Waals surface area contributed by atoms with E-state index in [4.69, 9.17) is 25.2 Å². The number of rotatable bonds is 15. The number of allylic oxidation sites excluding steroid dienone is 2. The summed E-state index contributed by atoms with van der Waals surface area (Å²) >= 11 is 1.53. The van der Waals surface area contributed by atoms with Crippen LogP contribution in [0.4, 0.5) is 0 Å². The van der Waals surface area contributed by atoms with Crippen LogP contribution in [0.25, 0.3) is 21.5 Å². The van der Waals surface area contributed by atoms with Gasteiger partial charge in [-0.3, -0.25) is 14.4 Å². The Hall–Kier alpha value is -3.99. The molecule has 2 fully saturated rings. The van der Waals surface area contributed by atoms with Crippen LogP contribution in [-0.4, -0.2) is 64.6 Å². The van der Waals surface area contributed by atoms with Crippen molar-refractivity contribution in [3.05, 3.63) is 47.5 Å². The highest BCUT2D eigenvalue weighted by Crippen LogP contribution is 2.56. The topological polar surface area (TPSA) is 145 Å². The number of carboxylic acid groups (broad SMARTS) is 1. The van der Waals surface area contributed by atoms with Crippen LogP contribution in [0.5, 0.6) is 11.6 Å². The van der Waals surface area contributed by atoms with Gasteiger partial charge in [0, 0.05) is 24.4 Å². The van der Waals surface area contributed by atoms with Crippen molar-refractivity contribution >= 4 is 39.9 Å². The maximum atomic E-state index is 13.6. The van der Waals surface area contributed by atoms with Crippen molar-refractivity contribution in [2.24, 2.45) is 28.9 Å². The first-order valence-electron chi connectivity index (χ1n) is 16.5. The summed E-state index contributed by atoms with van der Waals surface area (Å²) in [5.41, 5.74) is 6.92. The van der Waals surface area contributed by atoms with Gasteiger partial charge in [0.1, 0.15) is 22.6 Å². The Labute approximate surface area is 280 Å². The van der Waals surface area contributed by atoms with Crippen LogP contribution in [0.3, 0.4) is 0 Å². The minimum absolute atomic E-state index is 0.108. The lowest BCUT2D eigenvalue weighted by atomic mass is 9.94. The van der Waals surface area contributed by atoms with Gasteiger partial charge < -0.3 is 25.2 Å². The molecule has 0 saturated heterocycles. The number of unbranched alkanes of at least 4 members (excludes halogenated alkanes) is 2. The van der Waals surface area contributed by atoms with Crippen LogP contribution in [0.2, 0.25) is 0 Å². The molecule has 252 valence electrons. The molecular weight excluding hydrogens is 616 g/mol. The molecule has 3 N–H and O–H groups in total. The summed E-state index contributed by atoms with van der Waals surface area (Å²) in [5.74, 6) is -0.986. The van der Waals surface area contributed by atoms with E-state index in [1.807, 2.05) is 42.6 Å². The Morgan fingerprint density at radius 1 is 1.17 bits per heavy atom. The Morgan fingerprint density at radius 2 is 1.94 bits per heavy atom. The lowest BCUT2D eigenvalue weighted by molar-refractivity contribution is -0.143.